The maximum absolute atomic E-state index is 10.7. The molecule has 0 heterocycles. The number of fused-ring (bicyclic) bond motifs is 1. The van der Waals surface area contributed by atoms with Crippen molar-refractivity contribution in [3.05, 3.63) is 0 Å². The first-order chi connectivity index (χ1) is 7.73. The molecule has 2 bridgehead atoms. The third-order valence-electron chi connectivity index (χ3n) is 6.90. The van der Waals surface area contributed by atoms with Crippen molar-refractivity contribution in [2.75, 3.05) is 0 Å². The Balaban J connectivity index is 2.10. The molecule has 6 atom stereocenters. The van der Waals surface area contributed by atoms with Gasteiger partial charge in [-0.15, -0.1) is 0 Å². The van der Waals surface area contributed by atoms with Crippen LogP contribution in [0.2, 0.25) is 0 Å². The Labute approximate surface area is 104 Å². The van der Waals surface area contributed by atoms with E-state index in [2.05, 4.69) is 20.8 Å². The average Bonchev–Trinajstić information content (AvgIpc) is 2.61. The maximum atomic E-state index is 10.7. The molecule has 0 saturated heterocycles. The van der Waals surface area contributed by atoms with Gasteiger partial charge in [0.05, 0.1) is 11.7 Å². The Morgan fingerprint density at radius 1 is 1.00 bits per heavy atom. The Hall–Kier alpha value is -0.0800. The van der Waals surface area contributed by atoms with Gasteiger partial charge in [0.15, 0.2) is 0 Å². The second kappa shape index (κ2) is 3.08. The normalized spacial score (nSPS) is 60.4. The van der Waals surface area contributed by atoms with Crippen molar-refractivity contribution in [1.82, 2.24) is 0 Å². The molecule has 0 radical (unpaired) electrons. The highest BCUT2D eigenvalue weighted by atomic mass is 16.3. The fraction of sp³-hybridized carbons (Fsp3) is 1.00. The van der Waals surface area contributed by atoms with Gasteiger partial charge in [0, 0.05) is 0 Å². The van der Waals surface area contributed by atoms with E-state index in [9.17, 15) is 10.2 Å². The van der Waals surface area contributed by atoms with Crippen molar-refractivity contribution in [1.29, 1.82) is 0 Å². The SMILES string of the molecule is C[C@@H]1CC[C@H]2C(C)(C)[C@H]3C[C@@]12C[C@@H](O)[C@@]3(C)O. The first-order valence-electron chi connectivity index (χ1n) is 7.13. The zero-order valence-corrected chi connectivity index (χ0v) is 11.5. The van der Waals surface area contributed by atoms with E-state index in [1.807, 2.05) is 6.92 Å². The van der Waals surface area contributed by atoms with Crippen molar-refractivity contribution in [3.63, 3.8) is 0 Å². The molecule has 0 amide bonds. The van der Waals surface area contributed by atoms with Crippen molar-refractivity contribution < 1.29 is 10.2 Å². The monoisotopic (exact) mass is 238 g/mol. The summed E-state index contributed by atoms with van der Waals surface area (Å²) in [4.78, 5) is 0. The molecule has 3 rings (SSSR count). The zero-order chi connectivity index (χ0) is 12.6. The van der Waals surface area contributed by atoms with Gasteiger partial charge in [-0.05, 0) is 61.2 Å². The van der Waals surface area contributed by atoms with E-state index >= 15 is 0 Å². The lowest BCUT2D eigenvalue weighted by molar-refractivity contribution is -0.153. The number of aliphatic hydroxyl groups is 2. The summed E-state index contributed by atoms with van der Waals surface area (Å²) in [7, 11) is 0. The van der Waals surface area contributed by atoms with Crippen LogP contribution in [0.15, 0.2) is 0 Å². The molecule has 0 aromatic rings. The molecule has 0 aliphatic heterocycles. The fourth-order valence-electron chi connectivity index (χ4n) is 5.86. The lowest BCUT2D eigenvalue weighted by atomic mass is 9.63. The fourth-order valence-corrected chi connectivity index (χ4v) is 5.86. The van der Waals surface area contributed by atoms with Gasteiger partial charge in [0.2, 0.25) is 0 Å². The van der Waals surface area contributed by atoms with Crippen molar-refractivity contribution in [2.45, 2.75) is 65.1 Å². The molecule has 0 unspecified atom stereocenters. The van der Waals surface area contributed by atoms with Crippen LogP contribution >= 0.6 is 0 Å². The van der Waals surface area contributed by atoms with Crippen molar-refractivity contribution in [3.8, 4) is 0 Å². The molecule has 3 aliphatic carbocycles. The van der Waals surface area contributed by atoms with E-state index in [1.54, 1.807) is 0 Å². The summed E-state index contributed by atoms with van der Waals surface area (Å²) in [6.45, 7) is 8.83. The van der Waals surface area contributed by atoms with Crippen LogP contribution in [0.5, 0.6) is 0 Å². The van der Waals surface area contributed by atoms with Crippen LogP contribution in [-0.2, 0) is 0 Å². The minimum Gasteiger partial charge on any atom is -0.390 e. The molecule has 2 N–H and O–H groups in total. The summed E-state index contributed by atoms with van der Waals surface area (Å²) in [5, 5.41) is 21.0. The number of hydrogen-bond donors (Lipinski definition) is 2. The van der Waals surface area contributed by atoms with E-state index in [0.29, 0.717) is 17.3 Å². The van der Waals surface area contributed by atoms with Gasteiger partial charge in [-0.25, -0.2) is 0 Å². The van der Waals surface area contributed by atoms with Crippen LogP contribution < -0.4 is 0 Å². The quantitative estimate of drug-likeness (QED) is 0.681. The van der Waals surface area contributed by atoms with E-state index in [4.69, 9.17) is 0 Å². The van der Waals surface area contributed by atoms with Crippen molar-refractivity contribution >= 4 is 0 Å². The molecule has 3 aliphatic rings. The van der Waals surface area contributed by atoms with Gasteiger partial charge >= 0.3 is 0 Å². The minimum atomic E-state index is -0.890. The Kier molecular flexibility index (Phi) is 2.17. The summed E-state index contributed by atoms with van der Waals surface area (Å²) in [6.07, 6.45) is 3.98. The number of hydrogen-bond acceptors (Lipinski definition) is 2. The molecule has 98 valence electrons. The molecule has 2 nitrogen and oxygen atoms in total. The summed E-state index contributed by atoms with van der Waals surface area (Å²) in [5.41, 5.74) is -0.402. The molecule has 3 fully saturated rings. The largest absolute Gasteiger partial charge is 0.390 e. The second-order valence-electron chi connectivity index (χ2n) is 7.79. The van der Waals surface area contributed by atoms with E-state index in [0.717, 1.165) is 12.8 Å². The zero-order valence-electron chi connectivity index (χ0n) is 11.5. The lowest BCUT2D eigenvalue weighted by Crippen LogP contribution is -2.53. The highest BCUT2D eigenvalue weighted by molar-refractivity contribution is 5.19. The highest BCUT2D eigenvalue weighted by Gasteiger charge is 2.70. The maximum Gasteiger partial charge on any atom is 0.0911 e. The number of aliphatic hydroxyl groups excluding tert-OH is 1. The van der Waals surface area contributed by atoms with Crippen LogP contribution in [0.25, 0.3) is 0 Å². The summed E-state index contributed by atoms with van der Waals surface area (Å²) < 4.78 is 0. The van der Waals surface area contributed by atoms with Gasteiger partial charge < -0.3 is 10.2 Å². The first-order valence-corrected chi connectivity index (χ1v) is 7.13. The molecule has 17 heavy (non-hydrogen) atoms. The van der Waals surface area contributed by atoms with Gasteiger partial charge in [-0.3, -0.25) is 0 Å². The highest BCUT2D eigenvalue weighted by Crippen LogP contribution is 2.73. The third kappa shape index (κ3) is 1.19. The molecule has 3 saturated carbocycles. The van der Waals surface area contributed by atoms with Crippen LogP contribution in [0, 0.1) is 28.6 Å². The molecular formula is C15H26O2. The van der Waals surface area contributed by atoms with Gasteiger partial charge in [-0.1, -0.05) is 20.8 Å². The standard InChI is InChI=1S/C15H26O2/c1-9-5-6-10-13(2,3)11-7-15(9,10)8-12(16)14(11,4)17/h9-12,16-17H,5-8H2,1-4H3/t9-,10+,11-,12-,14+,15-/m1/s1. The van der Waals surface area contributed by atoms with Gasteiger partial charge in [0.1, 0.15) is 0 Å². The van der Waals surface area contributed by atoms with Crippen LogP contribution in [-0.4, -0.2) is 21.9 Å². The minimum absolute atomic E-state index is 0.172. The molecule has 1 spiro atoms. The van der Waals surface area contributed by atoms with Crippen LogP contribution in [0.3, 0.4) is 0 Å². The summed E-state index contributed by atoms with van der Waals surface area (Å²) in [6, 6.07) is 0. The van der Waals surface area contributed by atoms with Crippen molar-refractivity contribution in [2.24, 2.45) is 28.6 Å². The van der Waals surface area contributed by atoms with Gasteiger partial charge in [-0.2, -0.15) is 0 Å². The van der Waals surface area contributed by atoms with Crippen LogP contribution in [0.1, 0.15) is 53.4 Å². The molecule has 2 heteroatoms. The predicted octanol–water partition coefficient (Wildman–Crippen LogP) is 2.58. The van der Waals surface area contributed by atoms with Crippen LogP contribution in [0.4, 0.5) is 0 Å². The molecule has 0 aromatic heterocycles. The van der Waals surface area contributed by atoms with E-state index in [-0.39, 0.29) is 11.3 Å². The summed E-state index contributed by atoms with van der Waals surface area (Å²) >= 11 is 0. The molecule has 0 aromatic carbocycles. The Morgan fingerprint density at radius 2 is 1.65 bits per heavy atom. The lowest BCUT2D eigenvalue weighted by Gasteiger charge is -2.47. The predicted molar refractivity (Wildman–Crippen MR) is 67.5 cm³/mol. The van der Waals surface area contributed by atoms with E-state index < -0.39 is 11.7 Å². The smallest absolute Gasteiger partial charge is 0.0911 e. The Bertz CT molecular complexity index is 347. The van der Waals surface area contributed by atoms with E-state index in [1.165, 1.54) is 12.8 Å². The Morgan fingerprint density at radius 3 is 2.29 bits per heavy atom. The third-order valence-corrected chi connectivity index (χ3v) is 6.90. The molecular weight excluding hydrogens is 212 g/mol. The topological polar surface area (TPSA) is 40.5 Å². The summed E-state index contributed by atoms with van der Waals surface area (Å²) in [5.74, 6) is 1.66. The average molecular weight is 238 g/mol. The first kappa shape index (κ1) is 12.0. The second-order valence-corrected chi connectivity index (χ2v) is 7.79. The number of rotatable bonds is 0. The van der Waals surface area contributed by atoms with Gasteiger partial charge in [0.25, 0.3) is 0 Å².